The second kappa shape index (κ2) is 4.64. The highest BCUT2D eigenvalue weighted by molar-refractivity contribution is 8.00. The molecule has 0 spiro atoms. The van der Waals surface area contributed by atoms with Crippen LogP contribution >= 0.6 is 11.8 Å². The van der Waals surface area contributed by atoms with Crippen LogP contribution in [0, 0.1) is 5.41 Å². The molecule has 0 aromatic rings. The Kier molecular flexibility index (Phi) is 3.49. The Balaban J connectivity index is 2.06. The summed E-state index contributed by atoms with van der Waals surface area (Å²) in [5.41, 5.74) is 4.96. The summed E-state index contributed by atoms with van der Waals surface area (Å²) in [6.45, 7) is 5.94. The number of oxime groups is 1. The van der Waals surface area contributed by atoms with Gasteiger partial charge in [0.25, 0.3) is 0 Å². The van der Waals surface area contributed by atoms with Gasteiger partial charge < -0.3 is 15.8 Å². The molecule has 0 radical (unpaired) electrons. The molecule has 2 rings (SSSR count). The van der Waals surface area contributed by atoms with E-state index in [1.54, 1.807) is 0 Å². The summed E-state index contributed by atoms with van der Waals surface area (Å²) in [7, 11) is 0. The molecule has 3 N–H and O–H groups in total. The van der Waals surface area contributed by atoms with Gasteiger partial charge in [0.05, 0.1) is 0 Å². The molecule has 1 saturated carbocycles. The molecule has 102 valence electrons. The van der Waals surface area contributed by atoms with Crippen molar-refractivity contribution in [3.8, 4) is 0 Å². The lowest BCUT2D eigenvalue weighted by molar-refractivity contribution is -0.134. The quantitative estimate of drug-likeness (QED) is 0.343. The number of carbonyl (C=O) groups excluding carboxylic acids is 1. The maximum absolute atomic E-state index is 12.5. The van der Waals surface area contributed by atoms with E-state index < -0.39 is 5.41 Å². The van der Waals surface area contributed by atoms with Crippen molar-refractivity contribution >= 4 is 23.5 Å². The summed E-state index contributed by atoms with van der Waals surface area (Å²) in [5.74, 6) is 1.06. The summed E-state index contributed by atoms with van der Waals surface area (Å²) in [5, 5.41) is 11.8. The normalized spacial score (nSPS) is 26.6. The number of hydrogen-bond donors (Lipinski definition) is 2. The number of amides is 1. The third kappa shape index (κ3) is 2.43. The number of hydrogen-bond acceptors (Lipinski definition) is 4. The van der Waals surface area contributed by atoms with Crippen LogP contribution in [-0.4, -0.2) is 45.4 Å². The second-order valence-electron chi connectivity index (χ2n) is 5.72. The minimum atomic E-state index is -0.700. The summed E-state index contributed by atoms with van der Waals surface area (Å²) < 4.78 is 0.225. The first-order valence-electron chi connectivity index (χ1n) is 6.33. The van der Waals surface area contributed by atoms with E-state index in [-0.39, 0.29) is 16.5 Å². The zero-order chi connectivity index (χ0) is 13.4. The molecule has 6 heteroatoms. The highest BCUT2D eigenvalue weighted by Crippen LogP contribution is 2.48. The van der Waals surface area contributed by atoms with Crippen molar-refractivity contribution in [1.29, 1.82) is 0 Å². The Morgan fingerprint density at radius 3 is 2.56 bits per heavy atom. The van der Waals surface area contributed by atoms with Crippen LogP contribution in [0.5, 0.6) is 0 Å². The molecular formula is C12H21N3O2S. The maximum Gasteiger partial charge on any atom is 0.236 e. The van der Waals surface area contributed by atoms with E-state index in [1.165, 1.54) is 0 Å². The van der Waals surface area contributed by atoms with Crippen LogP contribution in [0.2, 0.25) is 0 Å². The molecule has 1 amide bonds. The first kappa shape index (κ1) is 13.5. The van der Waals surface area contributed by atoms with Crippen LogP contribution in [-0.2, 0) is 4.79 Å². The van der Waals surface area contributed by atoms with Gasteiger partial charge in [-0.3, -0.25) is 4.79 Å². The summed E-state index contributed by atoms with van der Waals surface area (Å²) >= 11 is 1.90. The van der Waals surface area contributed by atoms with Crippen molar-refractivity contribution in [3.05, 3.63) is 0 Å². The average molecular weight is 271 g/mol. The topological polar surface area (TPSA) is 78.9 Å². The summed E-state index contributed by atoms with van der Waals surface area (Å²) in [6.07, 6.45) is 2.39. The SMILES string of the molecule is CC1(C)CCN(C(=O)C2(C(N)=NO)CC2)CCS1. The van der Waals surface area contributed by atoms with Gasteiger partial charge in [0, 0.05) is 23.6 Å². The van der Waals surface area contributed by atoms with Crippen LogP contribution in [0.4, 0.5) is 0 Å². The van der Waals surface area contributed by atoms with Gasteiger partial charge in [-0.2, -0.15) is 11.8 Å². The average Bonchev–Trinajstić information content (AvgIpc) is 3.12. The molecule has 1 aliphatic heterocycles. The Hall–Kier alpha value is -0.910. The van der Waals surface area contributed by atoms with Gasteiger partial charge in [-0.15, -0.1) is 0 Å². The molecule has 0 aromatic heterocycles. The fourth-order valence-electron chi connectivity index (χ4n) is 2.33. The van der Waals surface area contributed by atoms with Gasteiger partial charge in [-0.25, -0.2) is 0 Å². The molecule has 2 fully saturated rings. The van der Waals surface area contributed by atoms with Crippen molar-refractivity contribution in [3.63, 3.8) is 0 Å². The Morgan fingerprint density at radius 2 is 2.00 bits per heavy atom. The minimum Gasteiger partial charge on any atom is -0.409 e. The van der Waals surface area contributed by atoms with Gasteiger partial charge >= 0.3 is 0 Å². The number of nitrogens with two attached hydrogens (primary N) is 1. The minimum absolute atomic E-state index is 0.0381. The van der Waals surface area contributed by atoms with E-state index in [1.807, 2.05) is 16.7 Å². The number of nitrogens with zero attached hydrogens (tertiary/aromatic N) is 2. The molecule has 0 aromatic carbocycles. The van der Waals surface area contributed by atoms with Crippen molar-refractivity contribution in [1.82, 2.24) is 4.90 Å². The van der Waals surface area contributed by atoms with Crippen molar-refractivity contribution < 1.29 is 10.0 Å². The van der Waals surface area contributed by atoms with E-state index >= 15 is 0 Å². The van der Waals surface area contributed by atoms with Crippen molar-refractivity contribution in [2.75, 3.05) is 18.8 Å². The fourth-order valence-corrected chi connectivity index (χ4v) is 3.43. The Bertz CT molecular complexity index is 378. The largest absolute Gasteiger partial charge is 0.409 e. The number of rotatable bonds is 2. The number of thioether (sulfide) groups is 1. The van der Waals surface area contributed by atoms with Crippen molar-refractivity contribution in [2.45, 2.75) is 37.9 Å². The van der Waals surface area contributed by atoms with E-state index in [9.17, 15) is 4.79 Å². The number of amidine groups is 1. The van der Waals surface area contributed by atoms with Crippen molar-refractivity contribution in [2.24, 2.45) is 16.3 Å². The highest BCUT2D eigenvalue weighted by atomic mass is 32.2. The Morgan fingerprint density at radius 1 is 1.33 bits per heavy atom. The molecule has 0 unspecified atom stereocenters. The highest BCUT2D eigenvalue weighted by Gasteiger charge is 2.55. The van der Waals surface area contributed by atoms with Crippen LogP contribution in [0.25, 0.3) is 0 Å². The van der Waals surface area contributed by atoms with Crippen LogP contribution in [0.15, 0.2) is 5.16 Å². The maximum atomic E-state index is 12.5. The third-order valence-electron chi connectivity index (χ3n) is 3.88. The van der Waals surface area contributed by atoms with E-state index in [0.29, 0.717) is 12.8 Å². The zero-order valence-corrected chi connectivity index (χ0v) is 11.8. The summed E-state index contributed by atoms with van der Waals surface area (Å²) in [4.78, 5) is 14.4. The van der Waals surface area contributed by atoms with Gasteiger partial charge in [0.2, 0.25) is 5.91 Å². The van der Waals surface area contributed by atoms with Crippen LogP contribution in [0.3, 0.4) is 0 Å². The molecular weight excluding hydrogens is 250 g/mol. The van der Waals surface area contributed by atoms with E-state index in [4.69, 9.17) is 10.9 Å². The molecule has 1 heterocycles. The smallest absolute Gasteiger partial charge is 0.236 e. The monoisotopic (exact) mass is 271 g/mol. The molecule has 1 saturated heterocycles. The van der Waals surface area contributed by atoms with Gasteiger partial charge in [0.15, 0.2) is 5.84 Å². The lowest BCUT2D eigenvalue weighted by atomic mass is 10.0. The first-order valence-corrected chi connectivity index (χ1v) is 7.31. The standard InChI is InChI=1S/C12H21N3O2S/c1-11(2)5-6-15(7-8-18-11)10(16)12(3-4-12)9(13)14-17/h17H,3-8H2,1-2H3,(H2,13,14). The molecule has 5 nitrogen and oxygen atoms in total. The number of carbonyl (C=O) groups is 1. The van der Waals surface area contributed by atoms with Crippen LogP contribution in [0.1, 0.15) is 33.1 Å². The lowest BCUT2D eigenvalue weighted by Gasteiger charge is -2.26. The third-order valence-corrected chi connectivity index (χ3v) is 5.25. The second-order valence-corrected chi connectivity index (χ2v) is 7.52. The fraction of sp³-hybridized carbons (Fsp3) is 0.833. The van der Waals surface area contributed by atoms with Gasteiger partial charge in [-0.05, 0) is 19.3 Å². The molecule has 1 aliphatic carbocycles. The molecule has 18 heavy (non-hydrogen) atoms. The molecule has 0 atom stereocenters. The van der Waals surface area contributed by atoms with E-state index in [2.05, 4.69) is 19.0 Å². The zero-order valence-electron chi connectivity index (χ0n) is 11.0. The van der Waals surface area contributed by atoms with E-state index in [0.717, 1.165) is 25.3 Å². The van der Waals surface area contributed by atoms with Gasteiger partial charge in [0.1, 0.15) is 5.41 Å². The molecule has 2 aliphatic rings. The van der Waals surface area contributed by atoms with Gasteiger partial charge in [-0.1, -0.05) is 19.0 Å². The predicted molar refractivity (Wildman–Crippen MR) is 72.8 cm³/mol. The predicted octanol–water partition coefficient (Wildman–Crippen LogP) is 1.26. The lowest BCUT2D eigenvalue weighted by Crippen LogP contribution is -2.44. The first-order chi connectivity index (χ1) is 8.41. The molecule has 0 bridgehead atoms. The van der Waals surface area contributed by atoms with Crippen LogP contribution < -0.4 is 5.73 Å². The Labute approximate surface area is 112 Å². The summed E-state index contributed by atoms with van der Waals surface area (Å²) in [6, 6.07) is 0.